The standard InChI is InChI=1S/C17H25N3O2S.HI/c1-4-18-16(20(3)10-9-14-7-6-12-23-14)19-13-17(2,21)15-8-5-11-22-15;/h5-8,11-12,21H,4,9-10,13H2,1-3H3,(H,18,19);1H. The van der Waals surface area contributed by atoms with Gasteiger partial charge >= 0.3 is 0 Å². The van der Waals surface area contributed by atoms with Gasteiger partial charge in [-0.1, -0.05) is 6.07 Å². The lowest BCUT2D eigenvalue weighted by molar-refractivity contribution is 0.0435. The number of nitrogens with one attached hydrogen (secondary N) is 1. The van der Waals surface area contributed by atoms with Gasteiger partial charge in [0.25, 0.3) is 0 Å². The monoisotopic (exact) mass is 463 g/mol. The maximum absolute atomic E-state index is 10.5. The van der Waals surface area contributed by atoms with E-state index in [-0.39, 0.29) is 30.5 Å². The van der Waals surface area contributed by atoms with Crippen LogP contribution in [-0.4, -0.2) is 42.6 Å². The van der Waals surface area contributed by atoms with Crippen LogP contribution in [0, 0.1) is 0 Å². The van der Waals surface area contributed by atoms with Crippen molar-refractivity contribution in [2.45, 2.75) is 25.9 Å². The molecule has 2 N–H and O–H groups in total. The highest BCUT2D eigenvalue weighted by Crippen LogP contribution is 2.21. The molecule has 0 aliphatic carbocycles. The fourth-order valence-corrected chi connectivity index (χ4v) is 2.90. The van der Waals surface area contributed by atoms with Crippen LogP contribution < -0.4 is 5.32 Å². The Kier molecular flexibility index (Phi) is 8.79. The number of nitrogens with zero attached hydrogens (tertiary/aromatic N) is 2. The predicted molar refractivity (Wildman–Crippen MR) is 110 cm³/mol. The zero-order chi connectivity index (χ0) is 16.7. The summed E-state index contributed by atoms with van der Waals surface area (Å²) < 4.78 is 5.30. The Hall–Kier alpha value is -1.06. The molecule has 0 saturated heterocycles. The van der Waals surface area contributed by atoms with Crippen molar-refractivity contribution in [1.29, 1.82) is 0 Å². The minimum atomic E-state index is -1.11. The number of hydrogen-bond donors (Lipinski definition) is 2. The van der Waals surface area contributed by atoms with Crippen LogP contribution in [0.3, 0.4) is 0 Å². The molecule has 0 bridgehead atoms. The van der Waals surface area contributed by atoms with E-state index in [1.807, 2.05) is 14.0 Å². The van der Waals surface area contributed by atoms with Gasteiger partial charge in [0.15, 0.2) is 5.96 Å². The van der Waals surface area contributed by atoms with Crippen LogP contribution in [0.25, 0.3) is 0 Å². The van der Waals surface area contributed by atoms with Gasteiger partial charge < -0.3 is 19.7 Å². The van der Waals surface area contributed by atoms with Crippen LogP contribution in [0.5, 0.6) is 0 Å². The lowest BCUT2D eigenvalue weighted by Gasteiger charge is -2.24. The Morgan fingerprint density at radius 1 is 1.42 bits per heavy atom. The van der Waals surface area contributed by atoms with Crippen molar-refractivity contribution in [2.75, 3.05) is 26.7 Å². The van der Waals surface area contributed by atoms with Crippen molar-refractivity contribution in [3.8, 4) is 0 Å². The topological polar surface area (TPSA) is 61.0 Å². The number of aliphatic imine (C=N–C) groups is 1. The molecule has 2 aromatic heterocycles. The highest BCUT2D eigenvalue weighted by Gasteiger charge is 2.26. The first-order chi connectivity index (χ1) is 11.0. The molecule has 2 rings (SSSR count). The molecule has 24 heavy (non-hydrogen) atoms. The molecular formula is C17H26IN3O2S. The zero-order valence-electron chi connectivity index (χ0n) is 14.4. The van der Waals surface area contributed by atoms with Gasteiger partial charge in [-0.3, -0.25) is 0 Å². The van der Waals surface area contributed by atoms with Crippen LogP contribution in [0.1, 0.15) is 24.5 Å². The number of guanidine groups is 1. The molecule has 0 fully saturated rings. The molecule has 1 atom stereocenters. The van der Waals surface area contributed by atoms with E-state index >= 15 is 0 Å². The first-order valence-electron chi connectivity index (χ1n) is 7.81. The van der Waals surface area contributed by atoms with Crippen LogP contribution in [0.4, 0.5) is 0 Å². The first-order valence-corrected chi connectivity index (χ1v) is 8.69. The molecule has 0 saturated carbocycles. The van der Waals surface area contributed by atoms with Crippen molar-refractivity contribution in [3.05, 3.63) is 46.5 Å². The summed E-state index contributed by atoms with van der Waals surface area (Å²) in [5, 5.41) is 15.9. The molecule has 0 aromatic carbocycles. The van der Waals surface area contributed by atoms with Crippen LogP contribution in [-0.2, 0) is 12.0 Å². The van der Waals surface area contributed by atoms with E-state index in [1.165, 1.54) is 4.88 Å². The average Bonchev–Trinajstić information content (AvgIpc) is 3.22. The van der Waals surface area contributed by atoms with Crippen molar-refractivity contribution in [3.63, 3.8) is 0 Å². The van der Waals surface area contributed by atoms with Gasteiger partial charge in [0, 0.05) is 25.0 Å². The number of hydrogen-bond acceptors (Lipinski definition) is 4. The van der Waals surface area contributed by atoms with Crippen LogP contribution >= 0.6 is 35.3 Å². The lowest BCUT2D eigenvalue weighted by atomic mass is 10.0. The molecule has 0 amide bonds. The van der Waals surface area contributed by atoms with Crippen molar-refractivity contribution >= 4 is 41.3 Å². The summed E-state index contributed by atoms with van der Waals surface area (Å²) in [6, 6.07) is 7.75. The van der Waals surface area contributed by atoms with Gasteiger partial charge in [0.1, 0.15) is 11.4 Å². The van der Waals surface area contributed by atoms with Gasteiger partial charge in [0.2, 0.25) is 0 Å². The van der Waals surface area contributed by atoms with E-state index in [9.17, 15) is 5.11 Å². The Bertz CT molecular complexity index is 597. The fourth-order valence-electron chi connectivity index (χ4n) is 2.20. The maximum atomic E-state index is 10.5. The maximum Gasteiger partial charge on any atom is 0.193 e. The highest BCUT2D eigenvalue weighted by molar-refractivity contribution is 14.0. The highest BCUT2D eigenvalue weighted by atomic mass is 127. The van der Waals surface area contributed by atoms with Crippen molar-refractivity contribution in [1.82, 2.24) is 10.2 Å². The number of likely N-dealkylation sites (N-methyl/N-ethyl adjacent to an activating group) is 1. The third-order valence-electron chi connectivity index (χ3n) is 3.56. The summed E-state index contributed by atoms with van der Waals surface area (Å²) in [4.78, 5) is 8.01. The predicted octanol–water partition coefficient (Wildman–Crippen LogP) is 3.31. The second-order valence-corrected chi connectivity index (χ2v) is 6.70. The average molecular weight is 463 g/mol. The van der Waals surface area contributed by atoms with Gasteiger partial charge in [-0.2, -0.15) is 0 Å². The Labute approximate surface area is 164 Å². The lowest BCUT2D eigenvalue weighted by Crippen LogP contribution is -2.41. The van der Waals surface area contributed by atoms with Gasteiger partial charge in [-0.05, 0) is 43.8 Å². The van der Waals surface area contributed by atoms with Crippen LogP contribution in [0.15, 0.2) is 45.3 Å². The Balaban J connectivity index is 0.00000288. The van der Waals surface area contributed by atoms with Gasteiger partial charge in [-0.15, -0.1) is 35.3 Å². The molecule has 0 aliphatic heterocycles. The fraction of sp³-hybridized carbons (Fsp3) is 0.471. The number of halogens is 1. The third kappa shape index (κ3) is 6.10. The molecule has 7 heteroatoms. The summed E-state index contributed by atoms with van der Waals surface area (Å²) >= 11 is 1.77. The largest absolute Gasteiger partial charge is 0.466 e. The third-order valence-corrected chi connectivity index (χ3v) is 4.50. The molecule has 134 valence electrons. The molecule has 2 heterocycles. The molecule has 5 nitrogen and oxygen atoms in total. The van der Waals surface area contributed by atoms with Crippen LogP contribution in [0.2, 0.25) is 0 Å². The van der Waals surface area contributed by atoms with E-state index in [1.54, 1.807) is 36.7 Å². The normalized spacial score (nSPS) is 13.9. The summed E-state index contributed by atoms with van der Waals surface area (Å²) in [6.45, 7) is 5.64. The molecule has 1 unspecified atom stereocenters. The van der Waals surface area contributed by atoms with Crippen molar-refractivity contribution in [2.24, 2.45) is 4.99 Å². The molecular weight excluding hydrogens is 437 g/mol. The van der Waals surface area contributed by atoms with E-state index < -0.39 is 5.60 Å². The van der Waals surface area contributed by atoms with E-state index in [0.717, 1.165) is 25.5 Å². The van der Waals surface area contributed by atoms with Gasteiger partial charge in [0.05, 0.1) is 12.8 Å². The Morgan fingerprint density at radius 3 is 2.79 bits per heavy atom. The summed E-state index contributed by atoms with van der Waals surface area (Å²) in [7, 11) is 2.01. The Morgan fingerprint density at radius 2 is 2.21 bits per heavy atom. The smallest absolute Gasteiger partial charge is 0.193 e. The number of aliphatic hydroxyl groups is 1. The minimum absolute atomic E-state index is 0. The minimum Gasteiger partial charge on any atom is -0.466 e. The SMILES string of the molecule is CCNC(=NCC(C)(O)c1ccco1)N(C)CCc1cccs1.I. The second-order valence-electron chi connectivity index (χ2n) is 5.67. The molecule has 2 aromatic rings. The zero-order valence-corrected chi connectivity index (χ0v) is 17.5. The first kappa shape index (κ1) is 21.0. The van der Waals surface area contributed by atoms with E-state index in [0.29, 0.717) is 5.76 Å². The number of rotatable bonds is 7. The van der Waals surface area contributed by atoms with E-state index in [4.69, 9.17) is 4.42 Å². The number of thiophene rings is 1. The number of furan rings is 1. The summed E-state index contributed by atoms with van der Waals surface area (Å²) in [6.07, 6.45) is 2.54. The second kappa shape index (κ2) is 10.0. The molecule has 0 aliphatic rings. The molecule has 0 spiro atoms. The summed E-state index contributed by atoms with van der Waals surface area (Å²) in [5.74, 6) is 1.31. The van der Waals surface area contributed by atoms with E-state index in [2.05, 4.69) is 32.7 Å². The molecule has 0 radical (unpaired) electrons. The quantitative estimate of drug-likeness (QED) is 0.376. The van der Waals surface area contributed by atoms with Crippen molar-refractivity contribution < 1.29 is 9.52 Å². The summed E-state index contributed by atoms with van der Waals surface area (Å²) in [5.41, 5.74) is -1.11. The van der Waals surface area contributed by atoms with Gasteiger partial charge in [-0.25, -0.2) is 4.99 Å².